The highest BCUT2D eigenvalue weighted by molar-refractivity contribution is 5.84. The Kier molecular flexibility index (Phi) is 6.75. The maximum atomic E-state index is 11.7. The van der Waals surface area contributed by atoms with E-state index in [9.17, 15) is 9.59 Å². The summed E-state index contributed by atoms with van der Waals surface area (Å²) in [6.07, 6.45) is 1.99. The summed E-state index contributed by atoms with van der Waals surface area (Å²) in [5, 5.41) is 20.1. The third-order valence-corrected chi connectivity index (χ3v) is 2.83. The normalized spacial score (nSPS) is 11.2. The fourth-order valence-electron chi connectivity index (χ4n) is 1.68. The molecule has 0 aromatic heterocycles. The molecule has 1 rings (SSSR count). The van der Waals surface area contributed by atoms with E-state index in [0.29, 0.717) is 17.7 Å². The van der Waals surface area contributed by atoms with Crippen LogP contribution < -0.4 is 10.1 Å². The maximum Gasteiger partial charge on any atom is 0.326 e. The van der Waals surface area contributed by atoms with Crippen LogP contribution in [-0.4, -0.2) is 29.6 Å². The summed E-state index contributed by atoms with van der Waals surface area (Å²) in [7, 11) is 0. The third-order valence-electron chi connectivity index (χ3n) is 2.83. The van der Waals surface area contributed by atoms with Gasteiger partial charge in [0.2, 0.25) is 0 Å². The quantitative estimate of drug-likeness (QED) is 0.759. The molecule has 0 heterocycles. The van der Waals surface area contributed by atoms with Crippen LogP contribution in [0.25, 0.3) is 0 Å². The molecule has 1 aromatic carbocycles. The van der Waals surface area contributed by atoms with Gasteiger partial charge in [-0.15, -0.1) is 0 Å². The first-order chi connectivity index (χ1) is 10.1. The van der Waals surface area contributed by atoms with Gasteiger partial charge < -0.3 is 15.2 Å². The van der Waals surface area contributed by atoms with Crippen molar-refractivity contribution < 1.29 is 19.4 Å². The predicted molar refractivity (Wildman–Crippen MR) is 75.7 cm³/mol. The van der Waals surface area contributed by atoms with Crippen molar-refractivity contribution in [2.24, 2.45) is 0 Å². The lowest BCUT2D eigenvalue weighted by atomic mass is 10.1. The number of unbranched alkanes of at least 4 members (excludes halogenated alkanes) is 1. The number of ether oxygens (including phenoxy) is 1. The molecule has 1 atom stereocenters. The number of carbonyl (C=O) groups is 2. The largest absolute Gasteiger partial charge is 0.484 e. The van der Waals surface area contributed by atoms with E-state index in [4.69, 9.17) is 15.1 Å². The average molecular weight is 290 g/mol. The molecule has 0 saturated carbocycles. The zero-order valence-electron chi connectivity index (χ0n) is 11.8. The lowest BCUT2D eigenvalue weighted by Gasteiger charge is -2.14. The molecule has 112 valence electrons. The standard InChI is InChI=1S/C15H18N2O4/c1-2-3-4-13(15(19)20)17-14(18)10-21-12-7-5-11(9-16)6-8-12/h5-8,13H,2-4,10H2,1H3,(H,17,18)(H,19,20)/t13-/m0/s1. The number of carboxylic acid groups (broad SMARTS) is 1. The number of carbonyl (C=O) groups excluding carboxylic acids is 1. The molecule has 21 heavy (non-hydrogen) atoms. The lowest BCUT2D eigenvalue weighted by molar-refractivity contribution is -0.142. The average Bonchev–Trinajstić information content (AvgIpc) is 2.49. The summed E-state index contributed by atoms with van der Waals surface area (Å²) in [4.78, 5) is 22.7. The Morgan fingerprint density at radius 3 is 2.57 bits per heavy atom. The van der Waals surface area contributed by atoms with E-state index in [-0.39, 0.29) is 6.61 Å². The Hall–Kier alpha value is -2.55. The second kappa shape index (κ2) is 8.59. The van der Waals surface area contributed by atoms with Crippen molar-refractivity contribution in [2.45, 2.75) is 32.2 Å². The van der Waals surface area contributed by atoms with Gasteiger partial charge in [0.1, 0.15) is 11.8 Å². The maximum absolute atomic E-state index is 11.7. The minimum Gasteiger partial charge on any atom is -0.484 e. The van der Waals surface area contributed by atoms with Gasteiger partial charge >= 0.3 is 5.97 Å². The highest BCUT2D eigenvalue weighted by Gasteiger charge is 2.19. The van der Waals surface area contributed by atoms with E-state index in [1.807, 2.05) is 13.0 Å². The van der Waals surface area contributed by atoms with Crippen LogP contribution in [0.15, 0.2) is 24.3 Å². The molecule has 0 aliphatic carbocycles. The van der Waals surface area contributed by atoms with Gasteiger partial charge in [-0.2, -0.15) is 5.26 Å². The molecule has 2 N–H and O–H groups in total. The molecule has 6 heteroatoms. The topological polar surface area (TPSA) is 99.4 Å². The van der Waals surface area contributed by atoms with Crippen molar-refractivity contribution in [1.29, 1.82) is 5.26 Å². The number of hydrogen-bond acceptors (Lipinski definition) is 4. The Morgan fingerprint density at radius 1 is 1.38 bits per heavy atom. The van der Waals surface area contributed by atoms with Crippen molar-refractivity contribution in [2.75, 3.05) is 6.61 Å². The predicted octanol–water partition coefficient (Wildman–Crippen LogP) is 1.70. The highest BCUT2D eigenvalue weighted by atomic mass is 16.5. The van der Waals surface area contributed by atoms with Gasteiger partial charge in [-0.25, -0.2) is 4.79 Å². The fourth-order valence-corrected chi connectivity index (χ4v) is 1.68. The number of nitrogens with zero attached hydrogens (tertiary/aromatic N) is 1. The van der Waals surface area contributed by atoms with Crippen LogP contribution >= 0.6 is 0 Å². The number of amides is 1. The molecular formula is C15H18N2O4. The Labute approximate surface area is 123 Å². The number of hydrogen-bond donors (Lipinski definition) is 2. The van der Waals surface area contributed by atoms with Crippen LogP contribution in [0, 0.1) is 11.3 Å². The fraction of sp³-hybridized carbons (Fsp3) is 0.400. The summed E-state index contributed by atoms with van der Waals surface area (Å²) in [5.41, 5.74) is 0.498. The third kappa shape index (κ3) is 5.95. The number of nitrogens with one attached hydrogen (secondary N) is 1. The van der Waals surface area contributed by atoms with Crippen molar-refractivity contribution in [3.05, 3.63) is 29.8 Å². The lowest BCUT2D eigenvalue weighted by Crippen LogP contribution is -2.42. The smallest absolute Gasteiger partial charge is 0.326 e. The van der Waals surface area contributed by atoms with Crippen molar-refractivity contribution in [1.82, 2.24) is 5.32 Å². The number of carboxylic acids is 1. The van der Waals surface area contributed by atoms with Crippen LogP contribution in [0.2, 0.25) is 0 Å². The number of nitriles is 1. The molecule has 0 spiro atoms. The first-order valence-electron chi connectivity index (χ1n) is 6.72. The minimum absolute atomic E-state index is 0.262. The molecule has 0 bridgehead atoms. The van der Waals surface area contributed by atoms with Gasteiger partial charge in [0.05, 0.1) is 11.6 Å². The van der Waals surface area contributed by atoms with E-state index in [1.165, 1.54) is 0 Å². The Balaban J connectivity index is 2.44. The van der Waals surface area contributed by atoms with Gasteiger partial charge in [0.25, 0.3) is 5.91 Å². The highest BCUT2D eigenvalue weighted by Crippen LogP contribution is 2.11. The van der Waals surface area contributed by atoms with Crippen LogP contribution in [0.3, 0.4) is 0 Å². The molecule has 0 aliphatic rings. The Morgan fingerprint density at radius 2 is 2.05 bits per heavy atom. The molecule has 0 fully saturated rings. The molecule has 1 aromatic rings. The van der Waals surface area contributed by atoms with Crippen LogP contribution in [-0.2, 0) is 9.59 Å². The van der Waals surface area contributed by atoms with E-state index in [0.717, 1.165) is 12.8 Å². The van der Waals surface area contributed by atoms with E-state index < -0.39 is 17.9 Å². The summed E-state index contributed by atoms with van der Waals surface area (Å²) >= 11 is 0. The molecular weight excluding hydrogens is 272 g/mol. The zero-order valence-corrected chi connectivity index (χ0v) is 11.8. The SMILES string of the molecule is CCCC[C@H](NC(=O)COc1ccc(C#N)cc1)C(=O)O. The van der Waals surface area contributed by atoms with E-state index >= 15 is 0 Å². The number of benzene rings is 1. The second-order valence-electron chi connectivity index (χ2n) is 4.53. The van der Waals surface area contributed by atoms with Gasteiger partial charge in [0.15, 0.2) is 6.61 Å². The summed E-state index contributed by atoms with van der Waals surface area (Å²) in [6.45, 7) is 1.69. The van der Waals surface area contributed by atoms with Gasteiger partial charge in [0, 0.05) is 0 Å². The van der Waals surface area contributed by atoms with Gasteiger partial charge in [-0.05, 0) is 30.7 Å². The first kappa shape index (κ1) is 16.5. The Bertz CT molecular complexity index is 519. The van der Waals surface area contributed by atoms with Crippen LogP contribution in [0.1, 0.15) is 31.7 Å². The van der Waals surface area contributed by atoms with Crippen molar-refractivity contribution >= 4 is 11.9 Å². The first-order valence-corrected chi connectivity index (χ1v) is 6.72. The minimum atomic E-state index is -1.05. The zero-order chi connectivity index (χ0) is 15.7. The number of rotatable bonds is 8. The van der Waals surface area contributed by atoms with Gasteiger partial charge in [-0.1, -0.05) is 19.8 Å². The molecule has 0 aliphatic heterocycles. The van der Waals surface area contributed by atoms with Crippen molar-refractivity contribution in [3.63, 3.8) is 0 Å². The van der Waals surface area contributed by atoms with Gasteiger partial charge in [-0.3, -0.25) is 4.79 Å². The molecule has 0 radical (unpaired) electrons. The monoisotopic (exact) mass is 290 g/mol. The van der Waals surface area contributed by atoms with E-state index in [1.54, 1.807) is 24.3 Å². The molecule has 0 unspecified atom stereocenters. The van der Waals surface area contributed by atoms with E-state index in [2.05, 4.69) is 5.32 Å². The van der Waals surface area contributed by atoms with Crippen molar-refractivity contribution in [3.8, 4) is 11.8 Å². The number of aliphatic carboxylic acids is 1. The summed E-state index contributed by atoms with van der Waals surface area (Å²) in [5.74, 6) is -1.08. The second-order valence-corrected chi connectivity index (χ2v) is 4.53. The van der Waals surface area contributed by atoms with Crippen LogP contribution in [0.5, 0.6) is 5.75 Å². The summed E-state index contributed by atoms with van der Waals surface area (Å²) < 4.78 is 5.24. The van der Waals surface area contributed by atoms with Crippen LogP contribution in [0.4, 0.5) is 0 Å². The molecule has 1 amide bonds. The summed E-state index contributed by atoms with van der Waals surface area (Å²) in [6, 6.07) is 7.41. The molecule has 6 nitrogen and oxygen atoms in total. The molecule has 0 saturated heterocycles.